The molecule has 0 spiro atoms. The molecule has 0 saturated carbocycles. The lowest BCUT2D eigenvalue weighted by molar-refractivity contribution is -0.0231. The van der Waals surface area contributed by atoms with Gasteiger partial charge in [0.05, 0.1) is 25.8 Å². The van der Waals surface area contributed by atoms with Gasteiger partial charge in [-0.25, -0.2) is 0 Å². The maximum atomic E-state index is 5.78. The fourth-order valence-corrected chi connectivity index (χ4v) is 2.11. The van der Waals surface area contributed by atoms with Gasteiger partial charge in [0.25, 0.3) is 0 Å². The second-order valence-electron chi connectivity index (χ2n) is 4.56. The van der Waals surface area contributed by atoms with Crippen molar-refractivity contribution in [2.75, 3.05) is 26.2 Å². The summed E-state index contributed by atoms with van der Waals surface area (Å²) < 4.78 is 11.3. The number of nitrogens with one attached hydrogen (secondary N) is 1. The lowest BCUT2D eigenvalue weighted by Gasteiger charge is -2.30. The topological polar surface area (TPSA) is 37.6 Å². The van der Waals surface area contributed by atoms with Gasteiger partial charge in [0.2, 0.25) is 0 Å². The van der Waals surface area contributed by atoms with Crippen molar-refractivity contribution in [2.24, 2.45) is 0 Å². The molecule has 0 aromatic carbocycles. The smallest absolute Gasteiger partial charge is 0.118 e. The Kier molecular flexibility index (Phi) is 4.59. The van der Waals surface area contributed by atoms with Crippen molar-refractivity contribution in [2.45, 2.75) is 33.0 Å². The Hall–Kier alpha value is -0.840. The van der Waals surface area contributed by atoms with Crippen LogP contribution in [0.25, 0.3) is 0 Å². The van der Waals surface area contributed by atoms with E-state index >= 15 is 0 Å². The van der Waals surface area contributed by atoms with Crippen molar-refractivity contribution >= 4 is 0 Å². The summed E-state index contributed by atoms with van der Waals surface area (Å²) in [5.41, 5.74) is 0. The average Bonchev–Trinajstić information content (AvgIpc) is 2.74. The van der Waals surface area contributed by atoms with Gasteiger partial charge in [-0.05, 0) is 25.6 Å². The van der Waals surface area contributed by atoms with Crippen molar-refractivity contribution in [3.8, 4) is 0 Å². The number of nitrogens with zero attached hydrogens (tertiary/aromatic N) is 1. The molecule has 1 atom stereocenters. The Morgan fingerprint density at radius 3 is 3.00 bits per heavy atom. The zero-order chi connectivity index (χ0) is 12.1. The molecule has 0 aliphatic carbocycles. The molecule has 1 aromatic heterocycles. The van der Waals surface area contributed by atoms with Gasteiger partial charge in [-0.2, -0.15) is 0 Å². The number of furan rings is 1. The SMILES string of the molecule is CCNCc1ccc(CN2CCOC(C)C2)o1. The van der Waals surface area contributed by atoms with Crippen LogP contribution in [0.15, 0.2) is 16.5 Å². The lowest BCUT2D eigenvalue weighted by Crippen LogP contribution is -2.40. The van der Waals surface area contributed by atoms with E-state index in [0.29, 0.717) is 6.10 Å². The summed E-state index contributed by atoms with van der Waals surface area (Å²) in [7, 11) is 0. The van der Waals surface area contributed by atoms with Crippen LogP contribution in [-0.4, -0.2) is 37.2 Å². The number of hydrogen-bond acceptors (Lipinski definition) is 4. The molecule has 0 bridgehead atoms. The fourth-order valence-electron chi connectivity index (χ4n) is 2.11. The van der Waals surface area contributed by atoms with Gasteiger partial charge < -0.3 is 14.5 Å². The predicted octanol–water partition coefficient (Wildman–Crippen LogP) is 1.61. The van der Waals surface area contributed by atoms with Crippen molar-refractivity contribution < 1.29 is 9.15 Å². The van der Waals surface area contributed by atoms with Crippen LogP contribution in [0, 0.1) is 0 Å². The maximum absolute atomic E-state index is 5.78. The van der Waals surface area contributed by atoms with Crippen molar-refractivity contribution in [1.29, 1.82) is 0 Å². The highest BCUT2D eigenvalue weighted by molar-refractivity contribution is 5.07. The lowest BCUT2D eigenvalue weighted by atomic mass is 10.3. The van der Waals surface area contributed by atoms with Gasteiger partial charge >= 0.3 is 0 Å². The van der Waals surface area contributed by atoms with Gasteiger partial charge in [0.15, 0.2) is 0 Å². The van der Waals surface area contributed by atoms with Gasteiger partial charge in [-0.1, -0.05) is 6.92 Å². The van der Waals surface area contributed by atoms with E-state index in [4.69, 9.17) is 9.15 Å². The number of rotatable bonds is 5. The molecule has 17 heavy (non-hydrogen) atoms. The quantitative estimate of drug-likeness (QED) is 0.845. The second kappa shape index (κ2) is 6.19. The molecule has 2 rings (SSSR count). The summed E-state index contributed by atoms with van der Waals surface area (Å²) in [6.07, 6.45) is 0.333. The molecule has 4 heteroatoms. The van der Waals surface area contributed by atoms with Crippen LogP contribution in [0.4, 0.5) is 0 Å². The summed E-state index contributed by atoms with van der Waals surface area (Å²) >= 11 is 0. The highest BCUT2D eigenvalue weighted by Gasteiger charge is 2.17. The minimum atomic E-state index is 0.333. The summed E-state index contributed by atoms with van der Waals surface area (Å²) in [6, 6.07) is 4.13. The number of ether oxygens (including phenoxy) is 1. The maximum Gasteiger partial charge on any atom is 0.118 e. The van der Waals surface area contributed by atoms with E-state index in [9.17, 15) is 0 Å². The van der Waals surface area contributed by atoms with E-state index in [-0.39, 0.29) is 0 Å². The van der Waals surface area contributed by atoms with E-state index in [1.54, 1.807) is 0 Å². The molecule has 96 valence electrons. The number of morpholine rings is 1. The third kappa shape index (κ3) is 3.84. The van der Waals surface area contributed by atoms with Gasteiger partial charge in [-0.15, -0.1) is 0 Å². The molecule has 1 aromatic rings. The Morgan fingerprint density at radius 2 is 2.24 bits per heavy atom. The standard InChI is InChI=1S/C13H22N2O2/c1-3-14-8-12-4-5-13(17-12)10-15-6-7-16-11(2)9-15/h4-5,11,14H,3,6-10H2,1-2H3. The molecular weight excluding hydrogens is 216 g/mol. The summed E-state index contributed by atoms with van der Waals surface area (Å²) in [5, 5.41) is 3.26. The summed E-state index contributed by atoms with van der Waals surface area (Å²) in [5.74, 6) is 2.06. The highest BCUT2D eigenvalue weighted by Crippen LogP contribution is 2.13. The summed E-state index contributed by atoms with van der Waals surface area (Å²) in [6.45, 7) is 9.69. The van der Waals surface area contributed by atoms with Crippen molar-refractivity contribution in [3.05, 3.63) is 23.7 Å². The molecule has 1 fully saturated rings. The minimum Gasteiger partial charge on any atom is -0.463 e. The van der Waals surface area contributed by atoms with Crippen molar-refractivity contribution in [1.82, 2.24) is 10.2 Å². The minimum absolute atomic E-state index is 0.333. The second-order valence-corrected chi connectivity index (χ2v) is 4.56. The van der Waals surface area contributed by atoms with Crippen LogP contribution in [0.3, 0.4) is 0 Å². The molecule has 1 aliphatic rings. The normalized spacial score (nSPS) is 21.9. The Morgan fingerprint density at radius 1 is 1.41 bits per heavy atom. The Bertz CT molecular complexity index is 338. The van der Waals surface area contributed by atoms with E-state index in [2.05, 4.69) is 36.2 Å². The van der Waals surface area contributed by atoms with Crippen molar-refractivity contribution in [3.63, 3.8) is 0 Å². The third-order valence-electron chi connectivity index (χ3n) is 2.97. The number of hydrogen-bond donors (Lipinski definition) is 1. The van der Waals surface area contributed by atoms with Crippen LogP contribution in [0.2, 0.25) is 0 Å². The van der Waals surface area contributed by atoms with E-state index < -0.39 is 0 Å². The molecule has 0 radical (unpaired) electrons. The molecule has 1 N–H and O–H groups in total. The first kappa shape index (κ1) is 12.6. The predicted molar refractivity (Wildman–Crippen MR) is 66.8 cm³/mol. The van der Waals surface area contributed by atoms with Gasteiger partial charge in [0, 0.05) is 13.1 Å². The summed E-state index contributed by atoms with van der Waals surface area (Å²) in [4.78, 5) is 2.38. The van der Waals surface area contributed by atoms with E-state index in [0.717, 1.165) is 50.9 Å². The van der Waals surface area contributed by atoms with Crippen LogP contribution in [0.5, 0.6) is 0 Å². The fraction of sp³-hybridized carbons (Fsp3) is 0.692. The van der Waals surface area contributed by atoms with E-state index in [1.807, 2.05) is 0 Å². The average molecular weight is 238 g/mol. The largest absolute Gasteiger partial charge is 0.463 e. The first-order valence-electron chi connectivity index (χ1n) is 6.40. The molecule has 0 amide bonds. The van der Waals surface area contributed by atoms with Crippen LogP contribution in [0.1, 0.15) is 25.4 Å². The first-order chi connectivity index (χ1) is 8.28. The highest BCUT2D eigenvalue weighted by atomic mass is 16.5. The third-order valence-corrected chi connectivity index (χ3v) is 2.97. The Labute approximate surface area is 103 Å². The molecule has 2 heterocycles. The molecular formula is C13H22N2O2. The zero-order valence-electron chi connectivity index (χ0n) is 10.7. The molecule has 1 unspecified atom stereocenters. The van der Waals surface area contributed by atoms with Crippen LogP contribution >= 0.6 is 0 Å². The first-order valence-corrected chi connectivity index (χ1v) is 6.40. The Balaban J connectivity index is 1.83. The van der Waals surface area contributed by atoms with E-state index in [1.165, 1.54) is 0 Å². The zero-order valence-corrected chi connectivity index (χ0v) is 10.7. The molecule has 4 nitrogen and oxygen atoms in total. The monoisotopic (exact) mass is 238 g/mol. The molecule has 1 saturated heterocycles. The molecule has 1 aliphatic heterocycles. The van der Waals surface area contributed by atoms with Crippen LogP contribution < -0.4 is 5.32 Å². The van der Waals surface area contributed by atoms with Crippen LogP contribution in [-0.2, 0) is 17.8 Å². The van der Waals surface area contributed by atoms with Gasteiger partial charge in [0.1, 0.15) is 11.5 Å². The van der Waals surface area contributed by atoms with Gasteiger partial charge in [-0.3, -0.25) is 4.90 Å².